The van der Waals surface area contributed by atoms with Gasteiger partial charge in [-0.05, 0) is 6.07 Å². The van der Waals surface area contributed by atoms with Crippen LogP contribution in [-0.4, -0.2) is 28.0 Å². The summed E-state index contributed by atoms with van der Waals surface area (Å²) in [7, 11) is 0. The van der Waals surface area contributed by atoms with E-state index in [9.17, 15) is 5.21 Å². The molecule has 0 atom stereocenters. The first-order valence-electron chi connectivity index (χ1n) is 7.86. The average Bonchev–Trinajstić information content (AvgIpc) is 3.06. The van der Waals surface area contributed by atoms with E-state index in [-0.39, 0.29) is 0 Å². The maximum absolute atomic E-state index is 10.7. The van der Waals surface area contributed by atoms with Gasteiger partial charge in [-0.3, -0.25) is 10.2 Å². The number of fused-ring (bicyclic) bond motifs is 1. The Morgan fingerprint density at radius 2 is 1.71 bits per heavy atom. The third-order valence-electron chi connectivity index (χ3n) is 4.09. The topological polar surface area (TPSA) is 60.5 Å². The molecule has 2 aromatic carbocycles. The number of allylic oxidation sites excluding steroid dienone is 2. The number of rotatable bonds is 2. The fourth-order valence-corrected chi connectivity index (χ4v) is 2.89. The zero-order valence-corrected chi connectivity index (χ0v) is 13.2. The molecule has 2 aromatic rings. The van der Waals surface area contributed by atoms with Gasteiger partial charge in [-0.25, -0.2) is 5.06 Å². The molecular formula is C19H16N4O. The molecule has 2 aliphatic heterocycles. The van der Waals surface area contributed by atoms with Crippen LogP contribution >= 0.6 is 0 Å². The molecule has 5 nitrogen and oxygen atoms in total. The molecule has 118 valence electrons. The van der Waals surface area contributed by atoms with Gasteiger partial charge in [-0.1, -0.05) is 55.5 Å². The minimum absolute atomic E-state index is 0.509. The Hall–Kier alpha value is -3.05. The molecule has 0 bridgehead atoms. The lowest BCUT2D eigenvalue weighted by Crippen LogP contribution is -2.34. The van der Waals surface area contributed by atoms with Gasteiger partial charge < -0.3 is 0 Å². The van der Waals surface area contributed by atoms with Crippen molar-refractivity contribution in [2.75, 3.05) is 0 Å². The zero-order chi connectivity index (χ0) is 16.5. The molecule has 2 heterocycles. The molecule has 0 amide bonds. The lowest BCUT2D eigenvalue weighted by Gasteiger charge is -2.26. The van der Waals surface area contributed by atoms with Gasteiger partial charge in [-0.15, -0.1) is 10.2 Å². The predicted molar refractivity (Wildman–Crippen MR) is 95.8 cm³/mol. The van der Waals surface area contributed by atoms with Crippen molar-refractivity contribution in [1.82, 2.24) is 5.06 Å². The molecule has 0 radical (unpaired) electrons. The first-order chi connectivity index (χ1) is 11.8. The molecule has 4 rings (SSSR count). The summed E-state index contributed by atoms with van der Waals surface area (Å²) >= 11 is 0. The predicted octanol–water partition coefficient (Wildman–Crippen LogP) is 4.03. The fraction of sp³-hybridized carbons (Fsp3) is 0.105. The maximum Gasteiger partial charge on any atom is 0.156 e. The number of hydrogen-bond acceptors (Lipinski definition) is 5. The Kier molecular flexibility index (Phi) is 3.55. The van der Waals surface area contributed by atoms with Crippen molar-refractivity contribution in [3.63, 3.8) is 0 Å². The smallest absolute Gasteiger partial charge is 0.156 e. The molecule has 0 aromatic heterocycles. The maximum atomic E-state index is 10.7. The van der Waals surface area contributed by atoms with E-state index in [4.69, 9.17) is 0 Å². The number of para-hydroxylation sites is 1. The molecular weight excluding hydrogens is 300 g/mol. The lowest BCUT2D eigenvalue weighted by atomic mass is 9.98. The monoisotopic (exact) mass is 316 g/mol. The Morgan fingerprint density at radius 3 is 2.50 bits per heavy atom. The van der Waals surface area contributed by atoms with Gasteiger partial charge in [0, 0.05) is 29.3 Å². The Balaban J connectivity index is 1.95. The normalized spacial score (nSPS) is 19.2. The molecule has 1 N–H and O–H groups in total. The lowest BCUT2D eigenvalue weighted by molar-refractivity contribution is 0.0267. The molecule has 0 saturated heterocycles. The first kappa shape index (κ1) is 14.5. The Labute approximate surface area is 140 Å². The summed E-state index contributed by atoms with van der Waals surface area (Å²) in [5.41, 5.74) is 4.86. The second kappa shape index (κ2) is 5.86. The fourth-order valence-electron chi connectivity index (χ4n) is 2.89. The van der Waals surface area contributed by atoms with Crippen molar-refractivity contribution in [2.45, 2.75) is 13.3 Å². The number of amidine groups is 1. The van der Waals surface area contributed by atoms with Crippen molar-refractivity contribution in [3.8, 4) is 0 Å². The Morgan fingerprint density at radius 1 is 0.958 bits per heavy atom. The molecule has 0 saturated carbocycles. The zero-order valence-electron chi connectivity index (χ0n) is 13.2. The highest BCUT2D eigenvalue weighted by atomic mass is 16.5. The molecule has 2 aliphatic rings. The van der Waals surface area contributed by atoms with Crippen LogP contribution in [0.15, 0.2) is 75.5 Å². The molecule has 0 spiro atoms. The van der Waals surface area contributed by atoms with Crippen LogP contribution in [0.25, 0.3) is 5.57 Å². The van der Waals surface area contributed by atoms with E-state index in [1.165, 1.54) is 0 Å². The first-order valence-corrected chi connectivity index (χ1v) is 7.86. The van der Waals surface area contributed by atoms with E-state index in [2.05, 4.69) is 15.2 Å². The van der Waals surface area contributed by atoms with Crippen LogP contribution < -0.4 is 0 Å². The van der Waals surface area contributed by atoms with Crippen molar-refractivity contribution in [3.05, 3.63) is 71.4 Å². The molecule has 0 unspecified atom stereocenters. The second-order valence-corrected chi connectivity index (χ2v) is 5.53. The average molecular weight is 316 g/mol. The van der Waals surface area contributed by atoms with Gasteiger partial charge in [-0.2, -0.15) is 0 Å². The second-order valence-electron chi connectivity index (χ2n) is 5.53. The summed E-state index contributed by atoms with van der Waals surface area (Å²) in [4.78, 5) is 4.45. The third kappa shape index (κ3) is 2.26. The molecule has 0 aliphatic carbocycles. The van der Waals surface area contributed by atoms with Crippen molar-refractivity contribution >= 4 is 29.0 Å². The summed E-state index contributed by atoms with van der Waals surface area (Å²) in [6.07, 6.45) is 2.36. The van der Waals surface area contributed by atoms with E-state index in [0.717, 1.165) is 27.5 Å². The highest BCUT2D eigenvalue weighted by Gasteiger charge is 2.29. The summed E-state index contributed by atoms with van der Waals surface area (Å²) in [5, 5.41) is 20.4. The van der Waals surface area contributed by atoms with Crippen LogP contribution in [0.5, 0.6) is 0 Å². The van der Waals surface area contributed by atoms with Gasteiger partial charge in [0.05, 0.1) is 5.69 Å². The molecule has 24 heavy (non-hydrogen) atoms. The molecule has 0 fully saturated rings. The van der Waals surface area contributed by atoms with E-state index in [1.807, 2.05) is 61.5 Å². The summed E-state index contributed by atoms with van der Waals surface area (Å²) in [6, 6.07) is 17.6. The highest BCUT2D eigenvalue weighted by Crippen LogP contribution is 2.35. The van der Waals surface area contributed by atoms with E-state index < -0.39 is 0 Å². The van der Waals surface area contributed by atoms with Crippen LogP contribution in [0.4, 0.5) is 5.69 Å². The number of nitrogens with zero attached hydrogens (tertiary/aromatic N) is 4. The van der Waals surface area contributed by atoms with E-state index in [0.29, 0.717) is 23.7 Å². The van der Waals surface area contributed by atoms with Gasteiger partial charge in [0.25, 0.3) is 0 Å². The number of aliphatic imine (C=N–C) groups is 1. The van der Waals surface area contributed by atoms with E-state index >= 15 is 0 Å². The van der Waals surface area contributed by atoms with Gasteiger partial charge >= 0.3 is 0 Å². The van der Waals surface area contributed by atoms with Crippen LogP contribution in [0.2, 0.25) is 0 Å². The standard InChI is InChI=1S/C19H16N4O/c1-2-17-21-22-18(13-8-4-3-5-9-13)19(23(17)24)15-12-20-16-11-7-6-10-14(15)16/h3-12,24H,2H2,1H3/b19-15+. The van der Waals surface area contributed by atoms with Crippen molar-refractivity contribution in [2.24, 2.45) is 15.2 Å². The summed E-state index contributed by atoms with van der Waals surface area (Å²) < 4.78 is 0. The van der Waals surface area contributed by atoms with Gasteiger partial charge in [0.2, 0.25) is 0 Å². The SMILES string of the molecule is CCC1=NN=C(c2ccccc2)/C(=C2/C=Nc3ccccc32)N1O. The minimum atomic E-state index is 0.509. The van der Waals surface area contributed by atoms with Crippen LogP contribution in [0.1, 0.15) is 24.5 Å². The quantitative estimate of drug-likeness (QED) is 0.909. The highest BCUT2D eigenvalue weighted by molar-refractivity contribution is 6.29. The third-order valence-corrected chi connectivity index (χ3v) is 4.09. The van der Waals surface area contributed by atoms with Crippen molar-refractivity contribution < 1.29 is 5.21 Å². The number of hydrogen-bond donors (Lipinski definition) is 1. The molecule has 5 heteroatoms. The van der Waals surface area contributed by atoms with Gasteiger partial charge in [0.15, 0.2) is 5.84 Å². The van der Waals surface area contributed by atoms with Gasteiger partial charge in [0.1, 0.15) is 11.4 Å². The van der Waals surface area contributed by atoms with Crippen LogP contribution in [0.3, 0.4) is 0 Å². The number of benzene rings is 2. The number of hydroxylamine groups is 2. The summed E-state index contributed by atoms with van der Waals surface area (Å²) in [6.45, 7) is 1.93. The largest absolute Gasteiger partial charge is 0.282 e. The van der Waals surface area contributed by atoms with Crippen molar-refractivity contribution in [1.29, 1.82) is 0 Å². The van der Waals surface area contributed by atoms with Crippen LogP contribution in [0, 0.1) is 0 Å². The van der Waals surface area contributed by atoms with Crippen LogP contribution in [-0.2, 0) is 0 Å². The minimum Gasteiger partial charge on any atom is -0.282 e. The Bertz CT molecular complexity index is 910. The van der Waals surface area contributed by atoms with E-state index in [1.54, 1.807) is 6.21 Å². The summed E-state index contributed by atoms with van der Waals surface area (Å²) in [5.74, 6) is 0.509.